The summed E-state index contributed by atoms with van der Waals surface area (Å²) < 4.78 is 34.0. The predicted octanol–water partition coefficient (Wildman–Crippen LogP) is -0.914. The van der Waals surface area contributed by atoms with E-state index in [0.29, 0.717) is 0 Å². The lowest BCUT2D eigenvalue weighted by Gasteiger charge is -2.31. The number of para-hydroxylation sites is 2. The summed E-state index contributed by atoms with van der Waals surface area (Å²) in [6.07, 6.45) is 12.0. The van der Waals surface area contributed by atoms with E-state index in [1.807, 2.05) is 14.1 Å². The highest BCUT2D eigenvalue weighted by Gasteiger charge is 2.23. The van der Waals surface area contributed by atoms with E-state index in [1.54, 1.807) is 0 Å². The SMILES string of the molecule is CNC1(NC)C=CC(C=Cc2c3ccccc3[nH+]c3ccccc23)=CC1.[O-][Cl+3]([O-])([O-])[O-]. The summed E-state index contributed by atoms with van der Waals surface area (Å²) in [5.74, 6) is 0. The summed E-state index contributed by atoms with van der Waals surface area (Å²) in [6.45, 7) is 0. The largest absolute Gasteiger partial charge is 0.299 e. The Labute approximate surface area is 182 Å². The van der Waals surface area contributed by atoms with Crippen LogP contribution < -0.4 is 34.3 Å². The maximum absolute atomic E-state index is 8.49. The van der Waals surface area contributed by atoms with Crippen LogP contribution in [0, 0.1) is 10.2 Å². The van der Waals surface area contributed by atoms with Crippen LogP contribution >= 0.6 is 0 Å². The van der Waals surface area contributed by atoms with Crippen molar-refractivity contribution in [3.63, 3.8) is 0 Å². The molecule has 0 aliphatic heterocycles. The highest BCUT2D eigenvalue weighted by molar-refractivity contribution is 5.99. The molecule has 3 N–H and O–H groups in total. The van der Waals surface area contributed by atoms with Gasteiger partial charge in [-0.15, -0.1) is 10.2 Å². The fourth-order valence-electron chi connectivity index (χ4n) is 3.58. The van der Waals surface area contributed by atoms with Gasteiger partial charge >= 0.3 is 0 Å². The molecular formula is C23H24ClN3O4. The minimum atomic E-state index is -4.94. The van der Waals surface area contributed by atoms with E-state index in [4.69, 9.17) is 18.6 Å². The summed E-state index contributed by atoms with van der Waals surface area (Å²) in [5, 5.41) is 9.16. The second kappa shape index (κ2) is 9.67. The Morgan fingerprint density at radius 3 is 1.84 bits per heavy atom. The Hall–Kier alpha value is -2.62. The second-order valence-corrected chi connectivity index (χ2v) is 7.81. The molecule has 0 unspecified atom stereocenters. The number of hydrogen-bond acceptors (Lipinski definition) is 6. The first kappa shape index (κ1) is 23.1. The fraction of sp³-hybridized carbons (Fsp3) is 0.174. The lowest BCUT2D eigenvalue weighted by Crippen LogP contribution is -2.68. The van der Waals surface area contributed by atoms with Gasteiger partial charge in [0, 0.05) is 24.1 Å². The first-order valence-corrected chi connectivity index (χ1v) is 10.9. The zero-order chi connectivity index (χ0) is 22.5. The number of rotatable bonds is 4. The Bertz CT molecular complexity index is 1090. The summed E-state index contributed by atoms with van der Waals surface area (Å²) in [4.78, 5) is 3.53. The lowest BCUT2D eigenvalue weighted by molar-refractivity contribution is -2.00. The number of allylic oxidation sites excluding steroid dienone is 3. The molecular weight excluding hydrogens is 418 g/mol. The zero-order valence-corrected chi connectivity index (χ0v) is 18.0. The quantitative estimate of drug-likeness (QED) is 0.398. The third kappa shape index (κ3) is 5.96. The van der Waals surface area contributed by atoms with Gasteiger partial charge in [0.1, 0.15) is 0 Å². The molecule has 1 aliphatic rings. The van der Waals surface area contributed by atoms with Gasteiger partial charge in [0.15, 0.2) is 0 Å². The number of H-pyrrole nitrogens is 1. The first-order valence-electron chi connectivity index (χ1n) is 9.64. The van der Waals surface area contributed by atoms with Crippen molar-refractivity contribution in [2.24, 2.45) is 0 Å². The Kier molecular flexibility index (Phi) is 7.19. The number of pyridine rings is 1. The molecule has 0 bridgehead atoms. The van der Waals surface area contributed by atoms with Gasteiger partial charge in [-0.2, -0.15) is 0 Å². The normalized spacial score (nSPS) is 15.7. The summed E-state index contributed by atoms with van der Waals surface area (Å²) in [5.41, 5.74) is 4.65. The van der Waals surface area contributed by atoms with E-state index in [-0.39, 0.29) is 5.66 Å². The molecule has 7 nitrogen and oxygen atoms in total. The van der Waals surface area contributed by atoms with Crippen LogP contribution in [-0.4, -0.2) is 19.8 Å². The number of benzene rings is 2. The molecule has 162 valence electrons. The number of aromatic amines is 1. The van der Waals surface area contributed by atoms with Crippen molar-refractivity contribution < 1.29 is 33.9 Å². The van der Waals surface area contributed by atoms with Crippen LogP contribution in [0.3, 0.4) is 0 Å². The highest BCUT2D eigenvalue weighted by Crippen LogP contribution is 2.26. The number of nitrogens with one attached hydrogen (secondary N) is 3. The standard InChI is InChI=1S/C23H23N3.ClHO4/c1-24-23(25-2)15-13-17(14-16-23)11-12-18-19-7-3-5-9-21(19)26-22-10-6-4-8-20(18)22;2-1(3,4)5/h3-15,24-25H,16H2,1-2H3;(H,2,3,4,5). The van der Waals surface area contributed by atoms with Gasteiger partial charge in [-0.3, -0.25) is 10.6 Å². The predicted molar refractivity (Wildman–Crippen MR) is 110 cm³/mol. The fourth-order valence-corrected chi connectivity index (χ4v) is 3.58. The number of fused-ring (bicyclic) bond motifs is 2. The molecule has 8 heteroatoms. The number of aromatic nitrogens is 1. The molecule has 0 fully saturated rings. The van der Waals surface area contributed by atoms with E-state index in [1.165, 1.54) is 21.9 Å². The van der Waals surface area contributed by atoms with Gasteiger partial charge < -0.3 is 0 Å². The van der Waals surface area contributed by atoms with Gasteiger partial charge in [0.2, 0.25) is 11.0 Å². The molecule has 4 rings (SSSR count). The number of likely N-dealkylation sites (N-methyl/N-ethyl adjacent to an activating group) is 2. The topological polar surface area (TPSA) is 130 Å². The van der Waals surface area contributed by atoms with Crippen LogP contribution in [0.4, 0.5) is 0 Å². The Balaban J connectivity index is 0.000000491. The lowest BCUT2D eigenvalue weighted by atomic mass is 9.95. The maximum atomic E-state index is 8.49. The van der Waals surface area contributed by atoms with Crippen LogP contribution in [0.1, 0.15) is 12.0 Å². The number of halogens is 1. The van der Waals surface area contributed by atoms with Crippen molar-refractivity contribution in [3.05, 3.63) is 84.0 Å². The van der Waals surface area contributed by atoms with Gasteiger partial charge in [-0.05, 0) is 37.9 Å². The molecule has 1 aliphatic carbocycles. The molecule has 1 aromatic heterocycles. The summed E-state index contributed by atoms with van der Waals surface area (Å²) in [7, 11) is -0.984. The molecule has 2 aromatic carbocycles. The molecule has 0 spiro atoms. The molecule has 3 aromatic rings. The van der Waals surface area contributed by atoms with Crippen LogP contribution in [0.2, 0.25) is 0 Å². The van der Waals surface area contributed by atoms with Crippen molar-refractivity contribution in [2.75, 3.05) is 14.1 Å². The van der Waals surface area contributed by atoms with E-state index in [2.05, 4.69) is 94.5 Å². The molecule has 0 amide bonds. The summed E-state index contributed by atoms with van der Waals surface area (Å²) in [6, 6.07) is 16.9. The van der Waals surface area contributed by atoms with Gasteiger partial charge in [-0.25, -0.2) is 23.6 Å². The smallest absolute Gasteiger partial charge is 0.211 e. The minimum Gasteiger partial charge on any atom is -0.299 e. The van der Waals surface area contributed by atoms with Crippen LogP contribution in [-0.2, 0) is 0 Å². The number of hydrogen-bond donors (Lipinski definition) is 2. The Morgan fingerprint density at radius 1 is 0.871 bits per heavy atom. The average Bonchev–Trinajstić information content (AvgIpc) is 2.76. The van der Waals surface area contributed by atoms with Crippen molar-refractivity contribution in [1.29, 1.82) is 0 Å². The van der Waals surface area contributed by atoms with Crippen LogP contribution in [0.5, 0.6) is 0 Å². The Morgan fingerprint density at radius 2 is 1.39 bits per heavy atom. The third-order valence-corrected chi connectivity index (χ3v) is 5.26. The second-order valence-electron chi connectivity index (χ2n) is 7.05. The van der Waals surface area contributed by atoms with E-state index in [0.717, 1.165) is 17.5 Å². The molecule has 0 radical (unpaired) electrons. The van der Waals surface area contributed by atoms with Gasteiger partial charge in [0.05, 0.1) is 16.4 Å². The average molecular weight is 442 g/mol. The van der Waals surface area contributed by atoms with Crippen molar-refractivity contribution in [1.82, 2.24) is 10.6 Å². The van der Waals surface area contributed by atoms with Crippen molar-refractivity contribution in [3.8, 4) is 0 Å². The molecule has 0 saturated carbocycles. The molecule has 1 heterocycles. The van der Waals surface area contributed by atoms with E-state index in [9.17, 15) is 0 Å². The zero-order valence-electron chi connectivity index (χ0n) is 17.2. The van der Waals surface area contributed by atoms with Crippen LogP contribution in [0.25, 0.3) is 27.9 Å². The maximum Gasteiger partial charge on any atom is 0.211 e. The highest BCUT2D eigenvalue weighted by atomic mass is 35.7. The van der Waals surface area contributed by atoms with Gasteiger partial charge in [0.25, 0.3) is 0 Å². The third-order valence-electron chi connectivity index (χ3n) is 5.26. The van der Waals surface area contributed by atoms with Crippen LogP contribution in [0.15, 0.2) is 78.4 Å². The van der Waals surface area contributed by atoms with E-state index >= 15 is 0 Å². The van der Waals surface area contributed by atoms with E-state index < -0.39 is 10.2 Å². The van der Waals surface area contributed by atoms with Crippen molar-refractivity contribution >= 4 is 27.9 Å². The first-order chi connectivity index (χ1) is 14.7. The molecule has 31 heavy (non-hydrogen) atoms. The van der Waals surface area contributed by atoms with Gasteiger partial charge in [-0.1, -0.05) is 48.6 Å². The molecule has 0 saturated heterocycles. The van der Waals surface area contributed by atoms with Crippen molar-refractivity contribution in [2.45, 2.75) is 12.1 Å². The molecule has 0 atom stereocenters. The monoisotopic (exact) mass is 441 g/mol. The summed E-state index contributed by atoms with van der Waals surface area (Å²) >= 11 is 0. The minimum absolute atomic E-state index is 0.140.